The van der Waals surface area contributed by atoms with Crippen molar-refractivity contribution in [2.24, 2.45) is 5.92 Å². The normalized spacial score (nSPS) is 17.8. The standard InChI is InChI=1S/C29H30ClN5O3/c1-2-3-7-24-33-27(36)25(28(37)34-13-12-21(17-34)23-11-10-22(30)16-32-23)29(38)35(24)26(19-8-9-19)20-6-4-5-18(14-20)15-31/h4-6,10-11,14,16,19,21,26,36H,2-3,7-9,12-13,17H2,1H3/t21?,26-/m1/s1. The summed E-state index contributed by atoms with van der Waals surface area (Å²) in [6.07, 6.45) is 6.34. The maximum absolute atomic E-state index is 14.1. The van der Waals surface area contributed by atoms with E-state index in [-0.39, 0.29) is 23.4 Å². The Kier molecular flexibility index (Phi) is 7.48. The molecule has 3 aromatic rings. The van der Waals surface area contributed by atoms with Crippen molar-refractivity contribution >= 4 is 17.5 Å². The number of nitriles is 1. The molecule has 1 aromatic carbocycles. The topological polar surface area (TPSA) is 112 Å². The van der Waals surface area contributed by atoms with Crippen LogP contribution in [-0.4, -0.2) is 43.5 Å². The predicted octanol–water partition coefficient (Wildman–Crippen LogP) is 4.84. The van der Waals surface area contributed by atoms with Crippen LogP contribution in [0.3, 0.4) is 0 Å². The molecular weight excluding hydrogens is 502 g/mol. The molecule has 38 heavy (non-hydrogen) atoms. The Balaban J connectivity index is 1.54. The fraction of sp³-hybridized carbons (Fsp3) is 0.414. The number of aromatic hydroxyl groups is 1. The minimum Gasteiger partial charge on any atom is -0.493 e. The van der Waals surface area contributed by atoms with Crippen molar-refractivity contribution < 1.29 is 9.90 Å². The van der Waals surface area contributed by atoms with Crippen LogP contribution >= 0.6 is 11.6 Å². The van der Waals surface area contributed by atoms with Gasteiger partial charge in [-0.2, -0.15) is 10.2 Å². The molecule has 0 radical (unpaired) electrons. The van der Waals surface area contributed by atoms with Crippen LogP contribution in [0.4, 0.5) is 0 Å². The highest BCUT2D eigenvalue weighted by Gasteiger charge is 2.39. The summed E-state index contributed by atoms with van der Waals surface area (Å²) >= 11 is 5.97. The summed E-state index contributed by atoms with van der Waals surface area (Å²) in [5.74, 6) is -0.355. The zero-order chi connectivity index (χ0) is 26.8. The number of likely N-dealkylation sites (tertiary alicyclic amines) is 1. The molecule has 196 valence electrons. The number of amides is 1. The van der Waals surface area contributed by atoms with Crippen LogP contribution in [0.15, 0.2) is 47.4 Å². The number of carbonyl (C=O) groups excluding carboxylic acids is 1. The SMILES string of the molecule is CCCCc1nc(O)c(C(=O)N2CCC(c3ccc(Cl)cn3)C2)c(=O)n1[C@@H](c1cccc(C#N)c1)C1CC1. The van der Waals surface area contributed by atoms with Crippen LogP contribution in [-0.2, 0) is 6.42 Å². The largest absolute Gasteiger partial charge is 0.493 e. The van der Waals surface area contributed by atoms with Gasteiger partial charge in [0.25, 0.3) is 11.5 Å². The molecule has 1 saturated carbocycles. The van der Waals surface area contributed by atoms with E-state index in [2.05, 4.69) is 16.0 Å². The van der Waals surface area contributed by atoms with Crippen molar-refractivity contribution in [2.75, 3.05) is 13.1 Å². The summed E-state index contributed by atoms with van der Waals surface area (Å²) in [4.78, 5) is 38.2. The lowest BCUT2D eigenvalue weighted by atomic mass is 9.99. The van der Waals surface area contributed by atoms with Gasteiger partial charge in [-0.05, 0) is 61.4 Å². The summed E-state index contributed by atoms with van der Waals surface area (Å²) in [6.45, 7) is 2.88. The van der Waals surface area contributed by atoms with Gasteiger partial charge < -0.3 is 10.0 Å². The van der Waals surface area contributed by atoms with E-state index in [9.17, 15) is 20.0 Å². The Morgan fingerprint density at radius 3 is 2.76 bits per heavy atom. The number of aromatic nitrogens is 3. The number of rotatable bonds is 8. The van der Waals surface area contributed by atoms with Crippen LogP contribution in [0.25, 0.3) is 0 Å². The maximum atomic E-state index is 14.1. The molecule has 8 nitrogen and oxygen atoms in total. The maximum Gasteiger partial charge on any atom is 0.270 e. The fourth-order valence-electron chi connectivity index (χ4n) is 5.36. The van der Waals surface area contributed by atoms with Crippen molar-refractivity contribution in [1.82, 2.24) is 19.4 Å². The predicted molar refractivity (Wildman–Crippen MR) is 143 cm³/mol. The number of benzene rings is 1. The van der Waals surface area contributed by atoms with Gasteiger partial charge in [-0.1, -0.05) is 37.1 Å². The minimum atomic E-state index is -0.527. The first-order valence-corrected chi connectivity index (χ1v) is 13.5. The van der Waals surface area contributed by atoms with E-state index in [0.717, 1.165) is 36.9 Å². The second kappa shape index (κ2) is 11.0. The van der Waals surface area contributed by atoms with Gasteiger partial charge in [0.1, 0.15) is 5.82 Å². The first kappa shape index (κ1) is 25.9. The number of unbranched alkanes of at least 4 members (excludes halogenated alkanes) is 1. The van der Waals surface area contributed by atoms with Gasteiger partial charge >= 0.3 is 0 Å². The summed E-state index contributed by atoms with van der Waals surface area (Å²) < 4.78 is 1.62. The lowest BCUT2D eigenvalue weighted by Crippen LogP contribution is -2.39. The fourth-order valence-corrected chi connectivity index (χ4v) is 5.47. The Morgan fingerprint density at radius 1 is 1.26 bits per heavy atom. The third-order valence-electron chi connectivity index (χ3n) is 7.49. The lowest BCUT2D eigenvalue weighted by Gasteiger charge is -2.25. The van der Waals surface area contributed by atoms with Crippen LogP contribution < -0.4 is 5.56 Å². The first-order chi connectivity index (χ1) is 18.4. The molecule has 1 saturated heterocycles. The van der Waals surface area contributed by atoms with Gasteiger partial charge in [0.15, 0.2) is 5.56 Å². The number of pyridine rings is 1. The molecule has 2 aliphatic rings. The molecule has 1 N–H and O–H groups in total. The van der Waals surface area contributed by atoms with Crippen LogP contribution in [0.2, 0.25) is 5.02 Å². The molecular formula is C29H30ClN5O3. The third kappa shape index (κ3) is 5.16. The Labute approximate surface area is 226 Å². The summed E-state index contributed by atoms with van der Waals surface area (Å²) in [5.41, 5.74) is 1.37. The molecule has 1 amide bonds. The molecule has 0 spiro atoms. The Bertz CT molecular complexity index is 1440. The minimum absolute atomic E-state index is 0.0188. The van der Waals surface area contributed by atoms with Crippen molar-refractivity contribution in [2.45, 2.75) is 57.4 Å². The lowest BCUT2D eigenvalue weighted by molar-refractivity contribution is 0.0783. The average Bonchev–Trinajstić information content (AvgIpc) is 3.64. The number of halogens is 1. The molecule has 1 aliphatic carbocycles. The van der Waals surface area contributed by atoms with E-state index >= 15 is 0 Å². The molecule has 5 rings (SSSR count). The van der Waals surface area contributed by atoms with E-state index in [1.165, 1.54) is 0 Å². The molecule has 9 heteroatoms. The van der Waals surface area contributed by atoms with Crippen LogP contribution in [0.1, 0.15) is 84.0 Å². The molecule has 0 bridgehead atoms. The van der Waals surface area contributed by atoms with Crippen LogP contribution in [0, 0.1) is 17.2 Å². The highest BCUT2D eigenvalue weighted by atomic mass is 35.5. The molecule has 2 fully saturated rings. The van der Waals surface area contributed by atoms with Gasteiger partial charge in [0.2, 0.25) is 5.88 Å². The first-order valence-electron chi connectivity index (χ1n) is 13.2. The zero-order valence-corrected chi connectivity index (χ0v) is 22.1. The van der Waals surface area contributed by atoms with E-state index in [1.807, 2.05) is 25.1 Å². The van der Waals surface area contributed by atoms with Gasteiger partial charge in [-0.3, -0.25) is 19.1 Å². The smallest absolute Gasteiger partial charge is 0.270 e. The third-order valence-corrected chi connectivity index (χ3v) is 7.71. The van der Waals surface area contributed by atoms with E-state index in [1.54, 1.807) is 33.9 Å². The van der Waals surface area contributed by atoms with Gasteiger partial charge in [-0.15, -0.1) is 0 Å². The number of aryl methyl sites for hydroxylation is 1. The number of hydrogen-bond acceptors (Lipinski definition) is 6. The second-order valence-corrected chi connectivity index (χ2v) is 10.6. The summed E-state index contributed by atoms with van der Waals surface area (Å²) in [5, 5.41) is 20.9. The molecule has 1 aliphatic heterocycles. The highest BCUT2D eigenvalue weighted by Crippen LogP contribution is 2.44. The number of nitrogens with zero attached hydrogens (tertiary/aromatic N) is 5. The zero-order valence-electron chi connectivity index (χ0n) is 21.3. The molecule has 1 unspecified atom stereocenters. The van der Waals surface area contributed by atoms with Crippen molar-refractivity contribution in [3.63, 3.8) is 0 Å². The van der Waals surface area contributed by atoms with Gasteiger partial charge in [0.05, 0.1) is 22.7 Å². The van der Waals surface area contributed by atoms with E-state index in [0.29, 0.717) is 42.3 Å². The number of hydrogen-bond donors (Lipinski definition) is 1. The Morgan fingerprint density at radius 2 is 2.08 bits per heavy atom. The van der Waals surface area contributed by atoms with Crippen LogP contribution in [0.5, 0.6) is 5.88 Å². The van der Waals surface area contributed by atoms with Gasteiger partial charge in [-0.25, -0.2) is 0 Å². The average molecular weight is 532 g/mol. The molecule has 2 aromatic heterocycles. The van der Waals surface area contributed by atoms with Crippen molar-refractivity contribution in [3.8, 4) is 11.9 Å². The second-order valence-electron chi connectivity index (χ2n) is 10.2. The molecule has 3 heterocycles. The monoisotopic (exact) mass is 531 g/mol. The summed E-state index contributed by atoms with van der Waals surface area (Å²) in [6, 6.07) is 12.7. The van der Waals surface area contributed by atoms with E-state index < -0.39 is 17.3 Å². The van der Waals surface area contributed by atoms with Crippen molar-refractivity contribution in [1.29, 1.82) is 5.26 Å². The Hall–Kier alpha value is -3.70. The molecule has 2 atom stereocenters. The van der Waals surface area contributed by atoms with Gasteiger partial charge in [0, 0.05) is 37.3 Å². The summed E-state index contributed by atoms with van der Waals surface area (Å²) in [7, 11) is 0. The van der Waals surface area contributed by atoms with E-state index in [4.69, 9.17) is 11.6 Å². The van der Waals surface area contributed by atoms with Crippen molar-refractivity contribution in [3.05, 3.63) is 86.2 Å². The quantitative estimate of drug-likeness (QED) is 0.445. The number of carbonyl (C=O) groups is 1. The highest BCUT2D eigenvalue weighted by molar-refractivity contribution is 6.30.